The van der Waals surface area contributed by atoms with Crippen molar-refractivity contribution in [2.45, 2.75) is 19.3 Å². The summed E-state index contributed by atoms with van der Waals surface area (Å²) in [7, 11) is -3.47. The Balaban J connectivity index is 1.50. The number of sulfonamides is 1. The van der Waals surface area contributed by atoms with Crippen molar-refractivity contribution in [1.29, 1.82) is 0 Å². The van der Waals surface area contributed by atoms with Gasteiger partial charge in [-0.15, -0.1) is 0 Å². The first-order chi connectivity index (χ1) is 12.9. The largest absolute Gasteiger partial charge is 0.342 e. The van der Waals surface area contributed by atoms with Crippen LogP contribution in [0, 0.1) is 0 Å². The molecule has 8 heteroatoms. The van der Waals surface area contributed by atoms with Gasteiger partial charge in [-0.1, -0.05) is 23.7 Å². The van der Waals surface area contributed by atoms with Gasteiger partial charge < -0.3 is 4.90 Å². The van der Waals surface area contributed by atoms with Crippen molar-refractivity contribution >= 4 is 33.6 Å². The molecule has 1 aromatic carbocycles. The summed E-state index contributed by atoms with van der Waals surface area (Å²) in [6, 6.07) is 7.01. The fourth-order valence-electron chi connectivity index (χ4n) is 3.40. The van der Waals surface area contributed by atoms with E-state index in [2.05, 4.69) is 0 Å². The summed E-state index contributed by atoms with van der Waals surface area (Å²) in [6.07, 6.45) is 4.94. The van der Waals surface area contributed by atoms with Crippen LogP contribution < -0.4 is 0 Å². The van der Waals surface area contributed by atoms with Crippen LogP contribution in [-0.2, 0) is 14.8 Å². The van der Waals surface area contributed by atoms with E-state index in [1.807, 2.05) is 9.80 Å². The minimum atomic E-state index is -3.47. The lowest BCUT2D eigenvalue weighted by Crippen LogP contribution is -2.51. The lowest BCUT2D eigenvalue weighted by molar-refractivity contribution is -0.133. The van der Waals surface area contributed by atoms with Crippen LogP contribution in [0.15, 0.2) is 29.7 Å². The Morgan fingerprint density at radius 1 is 0.963 bits per heavy atom. The third-order valence-corrected chi connectivity index (χ3v) is 6.88. The molecule has 0 aliphatic carbocycles. The molecule has 2 heterocycles. The molecule has 2 fully saturated rings. The standard InChI is InChI=1S/C19H26ClN3O3S/c20-18-6-4-17(5-7-18)8-15-27(25,26)23-13-11-21(12-14-23)16-19(24)22-9-2-1-3-10-22/h4-8,15H,1-3,9-14,16H2/b15-8+. The third-order valence-electron chi connectivity index (χ3n) is 5.06. The summed E-state index contributed by atoms with van der Waals surface area (Å²) in [6.45, 7) is 4.04. The zero-order valence-electron chi connectivity index (χ0n) is 15.4. The van der Waals surface area contributed by atoms with E-state index in [9.17, 15) is 13.2 Å². The van der Waals surface area contributed by atoms with Gasteiger partial charge in [0.05, 0.1) is 6.54 Å². The van der Waals surface area contributed by atoms with Crippen LogP contribution in [0.1, 0.15) is 24.8 Å². The lowest BCUT2D eigenvalue weighted by Gasteiger charge is -2.35. The number of amides is 1. The van der Waals surface area contributed by atoms with Crippen molar-refractivity contribution in [3.8, 4) is 0 Å². The molecule has 0 radical (unpaired) electrons. The van der Waals surface area contributed by atoms with Gasteiger partial charge in [-0.05, 0) is 43.0 Å². The Bertz CT molecular complexity index is 766. The Hall–Kier alpha value is -1.41. The topological polar surface area (TPSA) is 60.9 Å². The molecule has 6 nitrogen and oxygen atoms in total. The maximum absolute atomic E-state index is 12.5. The number of carbonyl (C=O) groups is 1. The first-order valence-corrected chi connectivity index (χ1v) is 11.3. The van der Waals surface area contributed by atoms with Crippen molar-refractivity contribution in [2.24, 2.45) is 0 Å². The van der Waals surface area contributed by atoms with E-state index < -0.39 is 10.0 Å². The molecule has 0 saturated carbocycles. The van der Waals surface area contributed by atoms with Gasteiger partial charge in [0.15, 0.2) is 0 Å². The van der Waals surface area contributed by atoms with Crippen LogP contribution in [0.5, 0.6) is 0 Å². The normalized spacial score (nSPS) is 20.3. The maximum Gasteiger partial charge on any atom is 0.236 e. The smallest absolute Gasteiger partial charge is 0.236 e. The number of piperazine rings is 1. The number of hydrogen-bond acceptors (Lipinski definition) is 4. The predicted molar refractivity (Wildman–Crippen MR) is 108 cm³/mol. The van der Waals surface area contributed by atoms with Crippen LogP contribution >= 0.6 is 11.6 Å². The van der Waals surface area contributed by atoms with Crippen LogP contribution in [0.3, 0.4) is 0 Å². The predicted octanol–water partition coefficient (Wildman–Crippen LogP) is 2.27. The fraction of sp³-hybridized carbons (Fsp3) is 0.526. The molecule has 0 atom stereocenters. The minimum absolute atomic E-state index is 0.161. The first-order valence-electron chi connectivity index (χ1n) is 9.38. The second-order valence-electron chi connectivity index (χ2n) is 7.02. The Labute approximate surface area is 166 Å². The van der Waals surface area contributed by atoms with Crippen LogP contribution in [-0.4, -0.2) is 74.2 Å². The number of piperidine rings is 1. The number of halogens is 1. The molecule has 2 aliphatic rings. The highest BCUT2D eigenvalue weighted by molar-refractivity contribution is 7.92. The molecule has 1 aromatic rings. The van der Waals surface area contributed by atoms with E-state index in [1.54, 1.807) is 30.3 Å². The summed E-state index contributed by atoms with van der Waals surface area (Å²) in [5.41, 5.74) is 0.786. The highest BCUT2D eigenvalue weighted by atomic mass is 35.5. The maximum atomic E-state index is 12.5. The highest BCUT2D eigenvalue weighted by Crippen LogP contribution is 2.15. The van der Waals surface area contributed by atoms with E-state index in [0.29, 0.717) is 37.7 Å². The molecule has 0 spiro atoms. The average molecular weight is 412 g/mol. The summed E-state index contributed by atoms with van der Waals surface area (Å²) in [5, 5.41) is 1.86. The first kappa shape index (κ1) is 20.3. The van der Waals surface area contributed by atoms with Gasteiger partial charge in [-0.25, -0.2) is 8.42 Å². The Morgan fingerprint density at radius 2 is 1.59 bits per heavy atom. The van der Waals surface area contributed by atoms with Gasteiger partial charge in [0.2, 0.25) is 15.9 Å². The zero-order chi connectivity index (χ0) is 19.3. The second-order valence-corrected chi connectivity index (χ2v) is 9.27. The third kappa shape index (κ3) is 5.78. The quantitative estimate of drug-likeness (QED) is 0.745. The van der Waals surface area contributed by atoms with Crippen LogP contribution in [0.4, 0.5) is 0 Å². The molecule has 2 saturated heterocycles. The summed E-state index contributed by atoms with van der Waals surface area (Å²) in [5.74, 6) is 0.161. The number of benzene rings is 1. The molecular weight excluding hydrogens is 386 g/mol. The molecule has 2 aliphatic heterocycles. The van der Waals surface area contributed by atoms with Gasteiger partial charge in [0.25, 0.3) is 0 Å². The van der Waals surface area contributed by atoms with Crippen molar-refractivity contribution in [2.75, 3.05) is 45.8 Å². The molecule has 27 heavy (non-hydrogen) atoms. The Kier molecular flexibility index (Phi) is 6.92. The van der Waals surface area contributed by atoms with Gasteiger partial charge in [0.1, 0.15) is 0 Å². The molecule has 0 aromatic heterocycles. The summed E-state index contributed by atoms with van der Waals surface area (Å²) < 4.78 is 26.5. The summed E-state index contributed by atoms with van der Waals surface area (Å²) >= 11 is 5.84. The fourth-order valence-corrected chi connectivity index (χ4v) is 4.70. The number of rotatable bonds is 5. The molecular formula is C19H26ClN3O3S. The van der Waals surface area contributed by atoms with Crippen molar-refractivity contribution in [1.82, 2.24) is 14.1 Å². The highest BCUT2D eigenvalue weighted by Gasteiger charge is 2.27. The molecule has 0 bridgehead atoms. The number of nitrogens with zero attached hydrogens (tertiary/aromatic N) is 3. The summed E-state index contributed by atoms with van der Waals surface area (Å²) in [4.78, 5) is 16.3. The second kappa shape index (κ2) is 9.19. The van der Waals surface area contributed by atoms with Crippen molar-refractivity contribution in [3.63, 3.8) is 0 Å². The minimum Gasteiger partial charge on any atom is -0.342 e. The van der Waals surface area contributed by atoms with E-state index in [4.69, 9.17) is 11.6 Å². The van der Waals surface area contributed by atoms with Crippen molar-refractivity contribution < 1.29 is 13.2 Å². The van der Waals surface area contributed by atoms with Crippen LogP contribution in [0.2, 0.25) is 5.02 Å². The van der Waals surface area contributed by atoms with E-state index in [-0.39, 0.29) is 5.91 Å². The average Bonchev–Trinajstić information content (AvgIpc) is 2.69. The van der Waals surface area contributed by atoms with Gasteiger partial charge in [-0.3, -0.25) is 9.69 Å². The zero-order valence-corrected chi connectivity index (χ0v) is 17.0. The van der Waals surface area contributed by atoms with Crippen LogP contribution in [0.25, 0.3) is 6.08 Å². The van der Waals surface area contributed by atoms with Crippen molar-refractivity contribution in [3.05, 3.63) is 40.3 Å². The number of carbonyl (C=O) groups excluding carboxylic acids is 1. The van der Waals surface area contributed by atoms with E-state index in [1.165, 1.54) is 16.1 Å². The molecule has 0 unspecified atom stereocenters. The molecule has 3 rings (SSSR count). The molecule has 148 valence electrons. The molecule has 1 amide bonds. The number of hydrogen-bond donors (Lipinski definition) is 0. The molecule has 0 N–H and O–H groups in total. The SMILES string of the molecule is O=C(CN1CCN(S(=O)(=O)/C=C/c2ccc(Cl)cc2)CC1)N1CCCCC1. The monoisotopic (exact) mass is 411 g/mol. The van der Waals surface area contributed by atoms with Gasteiger partial charge in [-0.2, -0.15) is 4.31 Å². The van der Waals surface area contributed by atoms with Gasteiger partial charge >= 0.3 is 0 Å². The number of likely N-dealkylation sites (tertiary alicyclic amines) is 1. The van der Waals surface area contributed by atoms with Gasteiger partial charge in [0, 0.05) is 49.7 Å². The Morgan fingerprint density at radius 3 is 2.22 bits per heavy atom. The lowest BCUT2D eigenvalue weighted by atomic mass is 10.1. The van der Waals surface area contributed by atoms with E-state index >= 15 is 0 Å². The van der Waals surface area contributed by atoms with E-state index in [0.717, 1.165) is 31.5 Å².